The standard InChI is InChI=1S/C40H27N3/c1-3-12-27(13-4-1)38-41-39(28-14-5-2-6-15-28)43-40(42-38)33-24-23-32-31-22-21-25-11-7-8-18-29(25)36(31)34-20-10-17-26-16-9-19-30(33)37(32)35(26)34/h1-8,10-15,17-18,20-24H,9,16,19H2. The van der Waals surface area contributed by atoms with Crippen molar-refractivity contribution in [2.24, 2.45) is 0 Å². The van der Waals surface area contributed by atoms with Crippen LogP contribution >= 0.6 is 0 Å². The van der Waals surface area contributed by atoms with E-state index in [2.05, 4.69) is 91.0 Å². The van der Waals surface area contributed by atoms with E-state index in [1.165, 1.54) is 54.2 Å². The molecule has 0 saturated heterocycles. The molecule has 0 unspecified atom stereocenters. The number of nitrogens with zero attached hydrogens (tertiary/aromatic N) is 3. The van der Waals surface area contributed by atoms with Gasteiger partial charge in [-0.1, -0.05) is 127 Å². The van der Waals surface area contributed by atoms with Gasteiger partial charge < -0.3 is 0 Å². The van der Waals surface area contributed by atoms with Gasteiger partial charge in [0.1, 0.15) is 0 Å². The normalized spacial score (nSPS) is 12.8. The van der Waals surface area contributed by atoms with E-state index in [0.29, 0.717) is 11.6 Å². The summed E-state index contributed by atoms with van der Waals surface area (Å²) in [4.78, 5) is 15.2. The first-order valence-electron chi connectivity index (χ1n) is 15.0. The van der Waals surface area contributed by atoms with Gasteiger partial charge in [-0.25, -0.2) is 15.0 Å². The Balaban J connectivity index is 1.40. The second kappa shape index (κ2) is 9.57. The van der Waals surface area contributed by atoms with Crippen molar-refractivity contribution in [3.05, 3.63) is 139 Å². The number of hydrogen-bond acceptors (Lipinski definition) is 3. The van der Waals surface area contributed by atoms with Crippen molar-refractivity contribution < 1.29 is 0 Å². The Bertz CT molecular complexity index is 2300. The maximum atomic E-state index is 5.13. The average Bonchev–Trinajstić information content (AvgIpc) is 3.28. The highest BCUT2D eigenvalue weighted by Crippen LogP contribution is 2.45. The largest absolute Gasteiger partial charge is 0.208 e. The maximum Gasteiger partial charge on any atom is 0.164 e. The van der Waals surface area contributed by atoms with E-state index < -0.39 is 0 Å². The molecule has 3 heteroatoms. The molecule has 0 radical (unpaired) electrons. The summed E-state index contributed by atoms with van der Waals surface area (Å²) in [5.41, 5.74) is 5.84. The molecule has 202 valence electrons. The van der Waals surface area contributed by atoms with Crippen LogP contribution in [-0.4, -0.2) is 15.0 Å². The molecule has 1 aliphatic carbocycles. The van der Waals surface area contributed by atoms with E-state index in [4.69, 9.17) is 15.0 Å². The van der Waals surface area contributed by atoms with Crippen molar-refractivity contribution in [3.63, 3.8) is 0 Å². The Labute approximate surface area is 249 Å². The second-order valence-electron chi connectivity index (χ2n) is 11.5. The van der Waals surface area contributed by atoms with Crippen LogP contribution in [0, 0.1) is 0 Å². The van der Waals surface area contributed by atoms with Crippen LogP contribution in [0.2, 0.25) is 0 Å². The Hall–Kier alpha value is -5.41. The average molecular weight is 550 g/mol. The predicted octanol–water partition coefficient (Wildman–Crippen LogP) is 9.97. The molecule has 7 aromatic carbocycles. The van der Waals surface area contributed by atoms with E-state index in [9.17, 15) is 0 Å². The minimum absolute atomic E-state index is 0.695. The number of hydrogen-bond donors (Lipinski definition) is 0. The van der Waals surface area contributed by atoms with E-state index in [1.54, 1.807) is 0 Å². The van der Waals surface area contributed by atoms with Gasteiger partial charge in [-0.3, -0.25) is 0 Å². The van der Waals surface area contributed by atoms with E-state index >= 15 is 0 Å². The molecule has 0 spiro atoms. The lowest BCUT2D eigenvalue weighted by molar-refractivity contribution is 0.836. The molecule has 0 atom stereocenters. The highest BCUT2D eigenvalue weighted by atomic mass is 15.0. The molecular formula is C40H27N3. The van der Waals surface area contributed by atoms with E-state index in [-0.39, 0.29) is 0 Å². The number of aromatic nitrogens is 3. The lowest BCUT2D eigenvalue weighted by Gasteiger charge is -2.18. The van der Waals surface area contributed by atoms with Crippen LogP contribution in [0.4, 0.5) is 0 Å². The summed E-state index contributed by atoms with van der Waals surface area (Å²) < 4.78 is 0. The van der Waals surface area contributed by atoms with Crippen LogP contribution in [0.3, 0.4) is 0 Å². The summed E-state index contributed by atoms with van der Waals surface area (Å²) in [6.07, 6.45) is 3.11. The number of aryl methyl sites for hydroxylation is 2. The molecule has 9 rings (SSSR count). The topological polar surface area (TPSA) is 38.7 Å². The van der Waals surface area contributed by atoms with Crippen LogP contribution < -0.4 is 0 Å². The number of rotatable bonds is 3. The Kier molecular flexibility index (Phi) is 5.39. The van der Waals surface area contributed by atoms with Crippen molar-refractivity contribution >= 4 is 43.1 Å². The molecule has 8 aromatic rings. The number of fused-ring (bicyclic) bond motifs is 5. The first-order valence-corrected chi connectivity index (χ1v) is 15.0. The van der Waals surface area contributed by atoms with E-state index in [1.807, 2.05) is 36.4 Å². The van der Waals surface area contributed by atoms with Gasteiger partial charge in [-0.15, -0.1) is 0 Å². The fourth-order valence-corrected chi connectivity index (χ4v) is 7.11. The molecule has 0 N–H and O–H groups in total. The Morgan fingerprint density at radius 1 is 0.395 bits per heavy atom. The molecule has 43 heavy (non-hydrogen) atoms. The summed E-state index contributed by atoms with van der Waals surface area (Å²) >= 11 is 0. The molecule has 1 heterocycles. The SMILES string of the molecule is c1ccc(-c2nc(-c3ccccc3)nc(-c3ccc4c5ccc6ccccc6c5c5cccc6c5c4c3CCC6)n2)cc1. The molecule has 0 fully saturated rings. The highest BCUT2D eigenvalue weighted by molar-refractivity contribution is 6.33. The first kappa shape index (κ1) is 24.2. The first-order chi connectivity index (χ1) is 21.3. The molecule has 0 amide bonds. The zero-order valence-corrected chi connectivity index (χ0v) is 23.6. The molecule has 3 nitrogen and oxygen atoms in total. The zero-order chi connectivity index (χ0) is 28.3. The van der Waals surface area contributed by atoms with Gasteiger partial charge in [0.2, 0.25) is 0 Å². The van der Waals surface area contributed by atoms with Gasteiger partial charge in [-0.05, 0) is 73.5 Å². The lowest BCUT2D eigenvalue weighted by Crippen LogP contribution is -2.02. The van der Waals surface area contributed by atoms with Crippen molar-refractivity contribution in [1.29, 1.82) is 0 Å². The summed E-state index contributed by atoms with van der Waals surface area (Å²) in [7, 11) is 0. The van der Waals surface area contributed by atoms with Crippen molar-refractivity contribution in [1.82, 2.24) is 15.0 Å². The summed E-state index contributed by atoms with van der Waals surface area (Å²) in [6, 6.07) is 45.3. The van der Waals surface area contributed by atoms with Gasteiger partial charge in [0.05, 0.1) is 0 Å². The third-order valence-corrected chi connectivity index (χ3v) is 9.02. The van der Waals surface area contributed by atoms with Crippen LogP contribution in [0.5, 0.6) is 0 Å². The van der Waals surface area contributed by atoms with Crippen LogP contribution in [-0.2, 0) is 12.8 Å². The van der Waals surface area contributed by atoms with Crippen LogP contribution in [0.15, 0.2) is 127 Å². The summed E-state index contributed by atoms with van der Waals surface area (Å²) in [5.74, 6) is 2.12. The monoisotopic (exact) mass is 549 g/mol. The van der Waals surface area contributed by atoms with Crippen molar-refractivity contribution in [3.8, 4) is 34.2 Å². The molecule has 0 aliphatic heterocycles. The summed E-state index contributed by atoms with van der Waals surface area (Å²) in [6.45, 7) is 0. The highest BCUT2D eigenvalue weighted by Gasteiger charge is 2.23. The third-order valence-electron chi connectivity index (χ3n) is 9.02. The van der Waals surface area contributed by atoms with Gasteiger partial charge in [0.25, 0.3) is 0 Å². The minimum Gasteiger partial charge on any atom is -0.208 e. The van der Waals surface area contributed by atoms with Gasteiger partial charge in [-0.2, -0.15) is 0 Å². The zero-order valence-electron chi connectivity index (χ0n) is 23.6. The van der Waals surface area contributed by atoms with Crippen LogP contribution in [0.25, 0.3) is 77.3 Å². The fraction of sp³-hybridized carbons (Fsp3) is 0.0750. The molecular weight excluding hydrogens is 522 g/mol. The van der Waals surface area contributed by atoms with E-state index in [0.717, 1.165) is 41.8 Å². The Morgan fingerprint density at radius 2 is 1.02 bits per heavy atom. The lowest BCUT2D eigenvalue weighted by atomic mass is 9.86. The van der Waals surface area contributed by atoms with Gasteiger partial charge in [0, 0.05) is 16.7 Å². The molecule has 0 saturated carbocycles. The Morgan fingerprint density at radius 3 is 1.79 bits per heavy atom. The third kappa shape index (κ3) is 3.78. The second-order valence-corrected chi connectivity index (χ2v) is 11.5. The van der Waals surface area contributed by atoms with Crippen molar-refractivity contribution in [2.45, 2.75) is 19.3 Å². The van der Waals surface area contributed by atoms with Crippen molar-refractivity contribution in [2.75, 3.05) is 0 Å². The van der Waals surface area contributed by atoms with Crippen LogP contribution in [0.1, 0.15) is 17.5 Å². The minimum atomic E-state index is 0.695. The molecule has 1 aliphatic rings. The van der Waals surface area contributed by atoms with Gasteiger partial charge >= 0.3 is 0 Å². The number of benzene rings is 7. The quantitative estimate of drug-likeness (QED) is 0.206. The summed E-state index contributed by atoms with van der Waals surface area (Å²) in [5, 5.41) is 10.6. The smallest absolute Gasteiger partial charge is 0.164 e. The fourth-order valence-electron chi connectivity index (χ4n) is 7.11. The maximum absolute atomic E-state index is 5.13. The molecule has 0 bridgehead atoms. The predicted molar refractivity (Wildman–Crippen MR) is 178 cm³/mol. The molecule has 1 aromatic heterocycles. The van der Waals surface area contributed by atoms with Gasteiger partial charge in [0.15, 0.2) is 17.5 Å².